The highest BCUT2D eigenvalue weighted by atomic mass is 16.3. The number of hydrogen-bond donors (Lipinski definition) is 0. The fourth-order valence-corrected chi connectivity index (χ4v) is 8.47. The average Bonchev–Trinajstić information content (AvgIpc) is 4.00. The summed E-state index contributed by atoms with van der Waals surface area (Å²) in [5, 5.41) is 4.24. The quantitative estimate of drug-likeness (QED) is 0.173. The van der Waals surface area contributed by atoms with E-state index < -0.39 is 12.1 Å². The maximum atomic E-state index is 9.91. The first-order chi connectivity index (χ1) is 31.2. The third kappa shape index (κ3) is 4.99. The van der Waals surface area contributed by atoms with Gasteiger partial charge in [0.25, 0.3) is 0 Å². The summed E-state index contributed by atoms with van der Waals surface area (Å²) < 4.78 is 75.0. The van der Waals surface area contributed by atoms with Crippen LogP contribution in [0.3, 0.4) is 0 Å². The summed E-state index contributed by atoms with van der Waals surface area (Å²) in [6.07, 6.45) is 0. The van der Waals surface area contributed by atoms with Gasteiger partial charge in [-0.25, -0.2) is 0 Å². The van der Waals surface area contributed by atoms with Gasteiger partial charge in [-0.2, -0.15) is 0 Å². The number of para-hydroxylation sites is 2. The average molecular weight is 734 g/mol. The maximum absolute atomic E-state index is 9.91. The molecule has 3 heteroatoms. The second-order valence-corrected chi connectivity index (χ2v) is 14.4. The van der Waals surface area contributed by atoms with Crippen molar-refractivity contribution in [3.8, 4) is 44.8 Å². The zero-order chi connectivity index (χ0) is 43.5. The molecule has 0 saturated carbocycles. The lowest BCUT2D eigenvalue weighted by Gasteiger charge is -2.10. The molecule has 3 nitrogen and oxygen atoms in total. The Kier molecular flexibility index (Phi) is 5.56. The predicted molar refractivity (Wildman–Crippen MR) is 239 cm³/mol. The summed E-state index contributed by atoms with van der Waals surface area (Å²) in [6.45, 7) is 0. The molecule has 0 aliphatic heterocycles. The lowest BCUT2D eigenvalue weighted by atomic mass is 9.99. The standard InChI is InChI=1S/C54H34N2O/c1-3-11-35(12-4-1)37-19-24-41(25-20-37)55-49-17-9-7-15-43(49)46-32-39(22-29-50(46)55)40-23-30-52-48(33-40)47-31-38(36-13-5-2-6-14-36)21-28-51(47)56(52)42-26-27-45-44-16-8-10-18-53(44)57-54(45)34-42/h1-34H/i7D,9D,15D,17D,22D,29D,32D. The molecule has 0 N–H and O–H groups in total. The van der Waals surface area contributed by atoms with Crippen molar-refractivity contribution in [2.75, 3.05) is 0 Å². The Morgan fingerprint density at radius 3 is 1.65 bits per heavy atom. The van der Waals surface area contributed by atoms with Crippen LogP contribution >= 0.6 is 0 Å². The SMILES string of the molecule is [2H]c1c([2H])c([2H])c2c(c1[2H])c1c([2H])c(-c3ccc4c(c3)c3cc(-c5ccccc5)ccc3n4-c3ccc4c(c3)oc3ccccc34)c([2H])c([2H])c1n2-c1ccc(-c2ccccc2)cc1. The highest BCUT2D eigenvalue weighted by Crippen LogP contribution is 2.40. The number of benzene rings is 9. The Bertz CT molecular complexity index is 3910. The molecule has 0 fully saturated rings. The van der Waals surface area contributed by atoms with E-state index in [4.69, 9.17) is 8.53 Å². The van der Waals surface area contributed by atoms with Crippen LogP contribution in [0.25, 0.3) is 110 Å². The Morgan fingerprint density at radius 1 is 0.333 bits per heavy atom. The molecule has 0 radical (unpaired) electrons. The molecule has 0 atom stereocenters. The van der Waals surface area contributed by atoms with Crippen LogP contribution in [0, 0.1) is 0 Å². The second kappa shape index (κ2) is 12.5. The number of fused-ring (bicyclic) bond motifs is 9. The summed E-state index contributed by atoms with van der Waals surface area (Å²) >= 11 is 0. The van der Waals surface area contributed by atoms with E-state index in [0.29, 0.717) is 11.3 Å². The molecule has 9 aromatic carbocycles. The fourth-order valence-electron chi connectivity index (χ4n) is 8.47. The maximum Gasteiger partial charge on any atom is 0.137 e. The van der Waals surface area contributed by atoms with Gasteiger partial charge in [0.1, 0.15) is 11.2 Å². The van der Waals surface area contributed by atoms with Crippen molar-refractivity contribution < 1.29 is 14.0 Å². The van der Waals surface area contributed by atoms with Crippen molar-refractivity contribution in [1.29, 1.82) is 0 Å². The zero-order valence-electron chi connectivity index (χ0n) is 37.4. The molecule has 57 heavy (non-hydrogen) atoms. The molecule has 3 aromatic heterocycles. The number of aromatic nitrogens is 2. The van der Waals surface area contributed by atoms with E-state index >= 15 is 0 Å². The van der Waals surface area contributed by atoms with Crippen molar-refractivity contribution in [2.45, 2.75) is 0 Å². The van der Waals surface area contributed by atoms with E-state index in [-0.39, 0.29) is 57.6 Å². The molecule has 0 aliphatic carbocycles. The van der Waals surface area contributed by atoms with E-state index in [2.05, 4.69) is 59.2 Å². The van der Waals surface area contributed by atoms with Gasteiger partial charge >= 0.3 is 0 Å². The number of hydrogen-bond acceptors (Lipinski definition) is 1. The first-order valence-corrected chi connectivity index (χ1v) is 18.9. The van der Waals surface area contributed by atoms with Crippen LogP contribution in [0.5, 0.6) is 0 Å². The summed E-state index contributed by atoms with van der Waals surface area (Å²) in [4.78, 5) is 0. The minimum atomic E-state index is -0.428. The third-order valence-electron chi connectivity index (χ3n) is 11.2. The molecule has 0 spiro atoms. The van der Waals surface area contributed by atoms with Crippen LogP contribution in [0.15, 0.2) is 211 Å². The molecular weight excluding hydrogens is 693 g/mol. The van der Waals surface area contributed by atoms with Crippen LogP contribution in [0.4, 0.5) is 0 Å². The van der Waals surface area contributed by atoms with Gasteiger partial charge in [0.15, 0.2) is 0 Å². The van der Waals surface area contributed by atoms with Gasteiger partial charge in [-0.15, -0.1) is 0 Å². The van der Waals surface area contributed by atoms with E-state index in [1.165, 1.54) is 0 Å². The minimum absolute atomic E-state index is 0.0888. The first-order valence-electron chi connectivity index (χ1n) is 22.4. The summed E-state index contributed by atoms with van der Waals surface area (Å²) in [5.74, 6) is 0. The second-order valence-electron chi connectivity index (χ2n) is 14.4. The smallest absolute Gasteiger partial charge is 0.137 e. The van der Waals surface area contributed by atoms with E-state index in [1.54, 1.807) is 4.57 Å². The third-order valence-corrected chi connectivity index (χ3v) is 11.2. The summed E-state index contributed by atoms with van der Waals surface area (Å²) in [6, 6.07) is 52.3. The highest BCUT2D eigenvalue weighted by Gasteiger charge is 2.18. The zero-order valence-corrected chi connectivity index (χ0v) is 30.4. The molecule has 12 aromatic rings. The van der Waals surface area contributed by atoms with E-state index in [1.807, 2.05) is 109 Å². The molecule has 0 unspecified atom stereocenters. The van der Waals surface area contributed by atoms with Gasteiger partial charge in [0.2, 0.25) is 0 Å². The normalized spacial score (nSPS) is 13.6. The number of rotatable bonds is 5. The van der Waals surface area contributed by atoms with Crippen LogP contribution in [0.1, 0.15) is 9.60 Å². The highest BCUT2D eigenvalue weighted by molar-refractivity contribution is 6.14. The van der Waals surface area contributed by atoms with E-state index in [9.17, 15) is 5.48 Å². The predicted octanol–water partition coefficient (Wildman–Crippen LogP) is 14.8. The van der Waals surface area contributed by atoms with Gasteiger partial charge in [-0.3, -0.25) is 0 Å². The Labute approximate surface area is 338 Å². The molecular formula is C54H34N2O. The van der Waals surface area contributed by atoms with Crippen LogP contribution in [-0.4, -0.2) is 9.13 Å². The van der Waals surface area contributed by atoms with Gasteiger partial charge in [0, 0.05) is 49.8 Å². The summed E-state index contributed by atoms with van der Waals surface area (Å²) in [5.41, 5.74) is 10.0. The van der Waals surface area contributed by atoms with Gasteiger partial charge in [-0.05, 0) is 106 Å². The van der Waals surface area contributed by atoms with Gasteiger partial charge in [0.05, 0.1) is 31.7 Å². The molecule has 0 saturated heterocycles. The van der Waals surface area contributed by atoms with Crippen molar-refractivity contribution >= 4 is 65.6 Å². The molecule has 3 heterocycles. The summed E-state index contributed by atoms with van der Waals surface area (Å²) in [7, 11) is 0. The Balaban J connectivity index is 1.12. The van der Waals surface area contributed by atoms with Crippen LogP contribution in [0.2, 0.25) is 0 Å². The van der Waals surface area contributed by atoms with Crippen molar-refractivity contribution in [2.24, 2.45) is 0 Å². The first kappa shape index (κ1) is 25.5. The van der Waals surface area contributed by atoms with Crippen LogP contribution < -0.4 is 0 Å². The lowest BCUT2D eigenvalue weighted by molar-refractivity contribution is 0.668. The van der Waals surface area contributed by atoms with Gasteiger partial charge in [-0.1, -0.05) is 127 Å². The number of nitrogens with zero attached hydrogens (tertiary/aromatic N) is 2. The molecule has 0 aliphatic rings. The van der Waals surface area contributed by atoms with Gasteiger partial charge < -0.3 is 13.6 Å². The van der Waals surface area contributed by atoms with E-state index in [0.717, 1.165) is 71.7 Å². The lowest BCUT2D eigenvalue weighted by Crippen LogP contribution is -1.94. The van der Waals surface area contributed by atoms with Crippen molar-refractivity contribution in [3.05, 3.63) is 206 Å². The fraction of sp³-hybridized carbons (Fsp3) is 0. The Hall–Kier alpha value is -7.62. The Morgan fingerprint density at radius 2 is 0.895 bits per heavy atom. The molecule has 0 bridgehead atoms. The van der Waals surface area contributed by atoms with Crippen molar-refractivity contribution in [1.82, 2.24) is 9.13 Å². The van der Waals surface area contributed by atoms with Crippen molar-refractivity contribution in [3.63, 3.8) is 0 Å². The topological polar surface area (TPSA) is 23.0 Å². The minimum Gasteiger partial charge on any atom is -0.456 e. The molecule has 0 amide bonds. The number of furan rings is 1. The molecule has 12 rings (SSSR count). The monoisotopic (exact) mass is 733 g/mol. The van der Waals surface area contributed by atoms with Crippen LogP contribution in [-0.2, 0) is 0 Å². The molecule has 266 valence electrons. The largest absolute Gasteiger partial charge is 0.456 e.